The minimum absolute atomic E-state index is 0.120. The van der Waals surface area contributed by atoms with Gasteiger partial charge < -0.3 is 28.4 Å². The van der Waals surface area contributed by atoms with Crippen LogP contribution in [0.2, 0.25) is 0 Å². The van der Waals surface area contributed by atoms with Crippen LogP contribution < -0.4 is 14.2 Å². The SMILES string of the molecule is C=COC(CCCC)COc1cc(OCC(CCCC)OC=C)nc(OCC(CCCC)OC=C)n1. The van der Waals surface area contributed by atoms with Gasteiger partial charge in [-0.25, -0.2) is 0 Å². The first-order valence-corrected chi connectivity index (χ1v) is 13.2. The highest BCUT2D eigenvalue weighted by Gasteiger charge is 2.16. The molecule has 0 aromatic carbocycles. The second-order valence-electron chi connectivity index (χ2n) is 8.46. The predicted octanol–water partition coefficient (Wildman–Crippen LogP) is 6.77. The smallest absolute Gasteiger partial charge is 0.323 e. The van der Waals surface area contributed by atoms with E-state index in [9.17, 15) is 0 Å². The first kappa shape index (κ1) is 31.1. The fourth-order valence-electron chi connectivity index (χ4n) is 3.40. The third-order valence-corrected chi connectivity index (χ3v) is 5.40. The number of unbranched alkanes of at least 4 members (excludes halogenated alkanes) is 3. The van der Waals surface area contributed by atoms with E-state index in [0.29, 0.717) is 25.0 Å². The molecule has 0 bridgehead atoms. The molecule has 1 heterocycles. The summed E-state index contributed by atoms with van der Waals surface area (Å²) in [5.74, 6) is 0.683. The van der Waals surface area contributed by atoms with Gasteiger partial charge in [-0.1, -0.05) is 59.8 Å². The minimum atomic E-state index is -0.140. The molecule has 0 saturated heterocycles. The Balaban J connectivity index is 2.98. The highest BCUT2D eigenvalue weighted by atomic mass is 16.6. The zero-order valence-corrected chi connectivity index (χ0v) is 22.5. The first-order valence-electron chi connectivity index (χ1n) is 13.2. The van der Waals surface area contributed by atoms with Crippen LogP contribution in [0, 0.1) is 0 Å². The Morgan fingerprint density at radius 1 is 0.639 bits per heavy atom. The van der Waals surface area contributed by atoms with Crippen LogP contribution in [0.3, 0.4) is 0 Å². The second-order valence-corrected chi connectivity index (χ2v) is 8.46. The molecule has 0 aliphatic carbocycles. The summed E-state index contributed by atoms with van der Waals surface area (Å²) in [6.45, 7) is 18.3. The van der Waals surface area contributed by atoms with Gasteiger partial charge in [0.2, 0.25) is 11.8 Å². The summed E-state index contributed by atoms with van der Waals surface area (Å²) in [4.78, 5) is 8.85. The van der Waals surface area contributed by atoms with E-state index in [-0.39, 0.29) is 30.9 Å². The van der Waals surface area contributed by atoms with Crippen molar-refractivity contribution in [2.45, 2.75) is 96.9 Å². The lowest BCUT2D eigenvalue weighted by Crippen LogP contribution is -2.22. The summed E-state index contributed by atoms with van der Waals surface area (Å²) in [5.41, 5.74) is 0. The number of nitrogens with zero attached hydrogens (tertiary/aromatic N) is 2. The molecule has 3 unspecified atom stereocenters. The maximum absolute atomic E-state index is 5.96. The highest BCUT2D eigenvalue weighted by Crippen LogP contribution is 2.22. The zero-order chi connectivity index (χ0) is 26.4. The number of aromatic nitrogens is 2. The molecular formula is C28H46N2O6. The largest absolute Gasteiger partial charge is 0.495 e. The topological polar surface area (TPSA) is 81.2 Å². The lowest BCUT2D eigenvalue weighted by atomic mass is 10.2. The van der Waals surface area contributed by atoms with Crippen LogP contribution in [0.1, 0.15) is 78.6 Å². The van der Waals surface area contributed by atoms with Crippen molar-refractivity contribution in [2.24, 2.45) is 0 Å². The van der Waals surface area contributed by atoms with Gasteiger partial charge in [-0.2, -0.15) is 9.97 Å². The Morgan fingerprint density at radius 3 is 1.33 bits per heavy atom. The van der Waals surface area contributed by atoms with Crippen molar-refractivity contribution >= 4 is 0 Å². The Kier molecular flexibility index (Phi) is 17.6. The fourth-order valence-corrected chi connectivity index (χ4v) is 3.40. The average molecular weight is 507 g/mol. The molecular weight excluding hydrogens is 460 g/mol. The van der Waals surface area contributed by atoms with Crippen molar-refractivity contribution in [3.8, 4) is 17.8 Å². The molecule has 1 rings (SSSR count). The van der Waals surface area contributed by atoms with Gasteiger partial charge in [0.05, 0.1) is 24.9 Å². The van der Waals surface area contributed by atoms with Gasteiger partial charge in [0.15, 0.2) is 0 Å². The Hall–Kier alpha value is -2.90. The Bertz CT molecular complexity index is 622. The van der Waals surface area contributed by atoms with E-state index < -0.39 is 0 Å². The molecule has 0 amide bonds. The van der Waals surface area contributed by atoms with E-state index in [1.807, 2.05) is 0 Å². The molecule has 1 aromatic heterocycles. The number of hydrogen-bond donors (Lipinski definition) is 0. The second kappa shape index (κ2) is 20.3. The molecule has 1 aromatic rings. The van der Waals surface area contributed by atoms with Gasteiger partial charge in [-0.3, -0.25) is 0 Å². The summed E-state index contributed by atoms with van der Waals surface area (Å²) in [7, 11) is 0. The van der Waals surface area contributed by atoms with Gasteiger partial charge in [0.1, 0.15) is 38.1 Å². The van der Waals surface area contributed by atoms with Crippen LogP contribution in [-0.2, 0) is 14.2 Å². The Labute approximate surface area is 217 Å². The molecule has 0 fully saturated rings. The van der Waals surface area contributed by atoms with Crippen LogP contribution in [-0.4, -0.2) is 48.1 Å². The molecule has 8 nitrogen and oxygen atoms in total. The van der Waals surface area contributed by atoms with E-state index in [4.69, 9.17) is 28.4 Å². The van der Waals surface area contributed by atoms with Crippen LogP contribution in [0.15, 0.2) is 44.6 Å². The molecule has 204 valence electrons. The van der Waals surface area contributed by atoms with E-state index in [1.165, 1.54) is 18.8 Å². The summed E-state index contributed by atoms with van der Waals surface area (Å²) in [5, 5.41) is 0. The summed E-state index contributed by atoms with van der Waals surface area (Å²) in [6, 6.07) is 1.80. The molecule has 0 radical (unpaired) electrons. The quantitative estimate of drug-likeness (QED) is 0.142. The lowest BCUT2D eigenvalue weighted by Gasteiger charge is -2.19. The van der Waals surface area contributed by atoms with Crippen LogP contribution in [0.4, 0.5) is 0 Å². The maximum Gasteiger partial charge on any atom is 0.323 e. The fraction of sp³-hybridized carbons (Fsp3) is 0.643. The van der Waals surface area contributed by atoms with E-state index in [2.05, 4.69) is 50.5 Å². The molecule has 8 heteroatoms. The van der Waals surface area contributed by atoms with Crippen molar-refractivity contribution in [3.05, 3.63) is 44.6 Å². The number of rotatable bonds is 24. The van der Waals surface area contributed by atoms with Gasteiger partial charge in [-0.15, -0.1) is 0 Å². The molecule has 0 aliphatic heterocycles. The lowest BCUT2D eigenvalue weighted by molar-refractivity contribution is 0.0671. The molecule has 0 aliphatic rings. The molecule has 3 atom stereocenters. The van der Waals surface area contributed by atoms with Crippen LogP contribution in [0.25, 0.3) is 0 Å². The standard InChI is InChI=1S/C28H46N2O6/c1-7-13-16-23(31-10-4)20-34-26-19-27(35-21-24(32-11-5)17-14-8-2)30-28(29-26)36-22-25(33-12-6)18-15-9-3/h10-12,19,23-25H,4-9,13-18,20-22H2,1-3H3. The normalized spacial score (nSPS) is 13.1. The number of hydrogen-bond acceptors (Lipinski definition) is 8. The zero-order valence-electron chi connectivity index (χ0n) is 22.5. The van der Waals surface area contributed by atoms with Gasteiger partial charge in [0, 0.05) is 0 Å². The Morgan fingerprint density at radius 2 is 1.00 bits per heavy atom. The van der Waals surface area contributed by atoms with Gasteiger partial charge in [-0.05, 0) is 38.5 Å². The van der Waals surface area contributed by atoms with E-state index >= 15 is 0 Å². The monoisotopic (exact) mass is 506 g/mol. The van der Waals surface area contributed by atoms with Crippen molar-refractivity contribution in [2.75, 3.05) is 19.8 Å². The van der Waals surface area contributed by atoms with Gasteiger partial charge >= 0.3 is 6.01 Å². The molecule has 0 N–H and O–H groups in total. The van der Waals surface area contributed by atoms with Gasteiger partial charge in [0.25, 0.3) is 0 Å². The minimum Gasteiger partial charge on any atom is -0.495 e. The average Bonchev–Trinajstić information content (AvgIpc) is 2.89. The summed E-state index contributed by atoms with van der Waals surface area (Å²) < 4.78 is 34.6. The van der Waals surface area contributed by atoms with Crippen LogP contribution in [0.5, 0.6) is 17.8 Å². The summed E-state index contributed by atoms with van der Waals surface area (Å²) >= 11 is 0. The third-order valence-electron chi connectivity index (χ3n) is 5.40. The predicted molar refractivity (Wildman–Crippen MR) is 142 cm³/mol. The van der Waals surface area contributed by atoms with Crippen molar-refractivity contribution in [1.29, 1.82) is 0 Å². The van der Waals surface area contributed by atoms with Crippen LogP contribution >= 0.6 is 0 Å². The number of ether oxygens (including phenoxy) is 6. The van der Waals surface area contributed by atoms with E-state index in [1.54, 1.807) is 6.07 Å². The first-order chi connectivity index (χ1) is 17.6. The molecule has 0 spiro atoms. The van der Waals surface area contributed by atoms with E-state index in [0.717, 1.165) is 57.8 Å². The molecule has 36 heavy (non-hydrogen) atoms. The van der Waals surface area contributed by atoms with Crippen molar-refractivity contribution in [3.63, 3.8) is 0 Å². The third kappa shape index (κ3) is 13.9. The summed E-state index contributed by atoms with van der Waals surface area (Å²) in [6.07, 6.45) is 12.8. The highest BCUT2D eigenvalue weighted by molar-refractivity contribution is 5.23. The van der Waals surface area contributed by atoms with Crippen molar-refractivity contribution < 1.29 is 28.4 Å². The maximum atomic E-state index is 5.96. The van der Waals surface area contributed by atoms with Crippen molar-refractivity contribution in [1.82, 2.24) is 9.97 Å². The molecule has 0 saturated carbocycles.